The maximum absolute atomic E-state index is 10.4. The second kappa shape index (κ2) is 13.0. The van der Waals surface area contributed by atoms with Crippen LogP contribution >= 0.6 is 0 Å². The third kappa shape index (κ3) is 4.95. The Kier molecular flexibility index (Phi) is 7.26. The molecule has 0 spiro atoms. The number of nitrogens with zero attached hydrogens (tertiary/aromatic N) is 4. The van der Waals surface area contributed by atoms with Gasteiger partial charge in [0.25, 0.3) is 0 Å². The molecule has 0 atom stereocenters. The number of hydrogen-bond acceptors (Lipinski definition) is 3. The van der Waals surface area contributed by atoms with Crippen molar-refractivity contribution < 1.29 is 0 Å². The molecule has 0 N–H and O–H groups in total. The van der Waals surface area contributed by atoms with Crippen LogP contribution in [0.2, 0.25) is 0 Å². The van der Waals surface area contributed by atoms with Crippen LogP contribution in [0.1, 0.15) is 5.56 Å². The van der Waals surface area contributed by atoms with Gasteiger partial charge in [-0.15, -0.1) is 0 Å². The third-order valence-electron chi connectivity index (χ3n) is 12.0. The van der Waals surface area contributed by atoms with E-state index in [1.165, 1.54) is 49.0 Å². The standard InChI is InChI=1S/C55H32N4/c56-33-37-26-30-49-53-39(37)27-28-46-45(29-31-50(54(46)53)59(49)55-57-47(35-15-3-1-4-16-35)32-48(58-55)36-17-5-2-6-18-36)52-43-23-11-9-21-41(43)51(42-22-10-12-24-44(42)52)40-25-13-19-34-14-7-8-20-38(34)40/h1-32H. The Morgan fingerprint density at radius 1 is 0.390 bits per heavy atom. The molecule has 4 nitrogen and oxygen atoms in total. The van der Waals surface area contributed by atoms with E-state index in [9.17, 15) is 5.26 Å². The maximum Gasteiger partial charge on any atom is 0.235 e. The Balaban J connectivity index is 1.18. The van der Waals surface area contributed by atoms with Crippen molar-refractivity contribution in [1.29, 1.82) is 5.26 Å². The molecule has 4 heteroatoms. The van der Waals surface area contributed by atoms with Crippen molar-refractivity contribution in [2.24, 2.45) is 0 Å². The highest BCUT2D eigenvalue weighted by molar-refractivity contribution is 6.31. The van der Waals surface area contributed by atoms with Crippen LogP contribution < -0.4 is 0 Å². The van der Waals surface area contributed by atoms with Gasteiger partial charge in [-0.2, -0.15) is 5.26 Å². The van der Waals surface area contributed by atoms with Gasteiger partial charge in [0.15, 0.2) is 0 Å². The first-order valence-electron chi connectivity index (χ1n) is 19.9. The van der Waals surface area contributed by atoms with Crippen molar-refractivity contribution in [3.63, 3.8) is 0 Å². The van der Waals surface area contributed by atoms with Gasteiger partial charge in [0.05, 0.1) is 34.1 Å². The smallest absolute Gasteiger partial charge is 0.235 e. The average molecular weight is 749 g/mol. The minimum atomic E-state index is 0.580. The van der Waals surface area contributed by atoms with E-state index < -0.39 is 0 Å². The molecule has 2 heterocycles. The Morgan fingerprint density at radius 2 is 0.864 bits per heavy atom. The molecular weight excluding hydrogens is 717 g/mol. The third-order valence-corrected chi connectivity index (χ3v) is 12.0. The number of nitriles is 1. The lowest BCUT2D eigenvalue weighted by Crippen LogP contribution is -2.04. The van der Waals surface area contributed by atoms with Crippen molar-refractivity contribution in [3.8, 4) is 56.8 Å². The lowest BCUT2D eigenvalue weighted by atomic mass is 9.83. The molecule has 0 radical (unpaired) electrons. The molecule has 0 bridgehead atoms. The fourth-order valence-corrected chi connectivity index (χ4v) is 9.49. The second-order valence-corrected chi connectivity index (χ2v) is 15.2. The molecular formula is C55H32N4. The Labute approximate surface area is 339 Å². The number of benzene rings is 10. The number of hydrogen-bond donors (Lipinski definition) is 0. The summed E-state index contributed by atoms with van der Waals surface area (Å²) in [6.45, 7) is 0. The summed E-state index contributed by atoms with van der Waals surface area (Å²) in [5, 5.41) is 21.8. The molecule has 2 aromatic heterocycles. The van der Waals surface area contributed by atoms with Crippen LogP contribution in [0.4, 0.5) is 0 Å². The van der Waals surface area contributed by atoms with Gasteiger partial charge < -0.3 is 0 Å². The van der Waals surface area contributed by atoms with Crippen molar-refractivity contribution >= 4 is 64.9 Å². The number of rotatable bonds is 5. The van der Waals surface area contributed by atoms with Crippen molar-refractivity contribution in [1.82, 2.24) is 14.5 Å². The quantitative estimate of drug-likeness (QED) is 0.130. The van der Waals surface area contributed by atoms with E-state index in [-0.39, 0.29) is 0 Å². The van der Waals surface area contributed by atoms with Crippen molar-refractivity contribution in [2.45, 2.75) is 0 Å². The summed E-state index contributed by atoms with van der Waals surface area (Å²) in [6, 6.07) is 70.9. The van der Waals surface area contributed by atoms with E-state index in [1.54, 1.807) is 0 Å². The summed E-state index contributed by atoms with van der Waals surface area (Å²) in [7, 11) is 0. The van der Waals surface area contributed by atoms with Crippen LogP contribution in [-0.4, -0.2) is 14.5 Å². The monoisotopic (exact) mass is 748 g/mol. The summed E-state index contributed by atoms with van der Waals surface area (Å²) in [5.74, 6) is 0.580. The molecule has 272 valence electrons. The second-order valence-electron chi connectivity index (χ2n) is 15.2. The highest BCUT2D eigenvalue weighted by atomic mass is 15.2. The van der Waals surface area contributed by atoms with Gasteiger partial charge in [0.2, 0.25) is 5.95 Å². The van der Waals surface area contributed by atoms with Crippen LogP contribution in [0.25, 0.3) is 116 Å². The highest BCUT2D eigenvalue weighted by Crippen LogP contribution is 2.49. The maximum atomic E-state index is 10.4. The molecule has 0 saturated heterocycles. The Bertz CT molecular complexity index is 3550. The summed E-state index contributed by atoms with van der Waals surface area (Å²) >= 11 is 0. The number of aromatic nitrogens is 3. The molecule has 0 aliphatic heterocycles. The Hall–Kier alpha value is -8.13. The van der Waals surface area contributed by atoms with E-state index in [4.69, 9.17) is 9.97 Å². The molecule has 10 aromatic carbocycles. The lowest BCUT2D eigenvalue weighted by Gasteiger charge is -2.20. The summed E-state index contributed by atoms with van der Waals surface area (Å²) in [6.07, 6.45) is 0. The summed E-state index contributed by atoms with van der Waals surface area (Å²) in [5.41, 5.74) is 11.1. The zero-order valence-electron chi connectivity index (χ0n) is 31.8. The zero-order valence-corrected chi connectivity index (χ0v) is 31.8. The molecule has 12 rings (SSSR count). The average Bonchev–Trinajstić information content (AvgIpc) is 3.65. The molecule has 0 aliphatic rings. The minimum Gasteiger partial charge on any atom is -0.278 e. The van der Waals surface area contributed by atoms with Gasteiger partial charge in [0.1, 0.15) is 0 Å². The predicted molar refractivity (Wildman–Crippen MR) is 244 cm³/mol. The van der Waals surface area contributed by atoms with E-state index in [0.29, 0.717) is 11.5 Å². The summed E-state index contributed by atoms with van der Waals surface area (Å²) in [4.78, 5) is 10.6. The van der Waals surface area contributed by atoms with Crippen molar-refractivity contribution in [3.05, 3.63) is 200 Å². The largest absolute Gasteiger partial charge is 0.278 e. The normalized spacial score (nSPS) is 11.7. The predicted octanol–water partition coefficient (Wildman–Crippen LogP) is 14.2. The fourth-order valence-electron chi connectivity index (χ4n) is 9.49. The lowest BCUT2D eigenvalue weighted by molar-refractivity contribution is 0.996. The molecule has 0 saturated carbocycles. The summed E-state index contributed by atoms with van der Waals surface area (Å²) < 4.78 is 2.19. The molecule has 0 unspecified atom stereocenters. The number of fused-ring (bicyclic) bond motifs is 3. The van der Waals surface area contributed by atoms with Gasteiger partial charge in [-0.3, -0.25) is 4.57 Å². The topological polar surface area (TPSA) is 54.5 Å². The first-order chi connectivity index (χ1) is 29.2. The first kappa shape index (κ1) is 33.1. The van der Waals surface area contributed by atoms with Gasteiger partial charge >= 0.3 is 0 Å². The molecule has 0 amide bonds. The molecule has 0 fully saturated rings. The van der Waals surface area contributed by atoms with Gasteiger partial charge in [-0.25, -0.2) is 9.97 Å². The zero-order chi connectivity index (χ0) is 39.0. The van der Waals surface area contributed by atoms with E-state index in [2.05, 4.69) is 162 Å². The van der Waals surface area contributed by atoms with Crippen LogP contribution in [0.5, 0.6) is 0 Å². The van der Waals surface area contributed by atoms with Crippen LogP contribution in [0.15, 0.2) is 194 Å². The molecule has 12 aromatic rings. The van der Waals surface area contributed by atoms with Crippen LogP contribution in [-0.2, 0) is 0 Å². The van der Waals surface area contributed by atoms with Gasteiger partial charge in [-0.1, -0.05) is 170 Å². The fraction of sp³-hybridized carbons (Fsp3) is 0. The first-order valence-corrected chi connectivity index (χ1v) is 19.9. The Morgan fingerprint density at radius 3 is 1.46 bits per heavy atom. The highest BCUT2D eigenvalue weighted by Gasteiger charge is 2.25. The minimum absolute atomic E-state index is 0.580. The molecule has 59 heavy (non-hydrogen) atoms. The molecule has 0 aliphatic carbocycles. The van der Waals surface area contributed by atoms with Gasteiger partial charge in [0, 0.05) is 27.3 Å². The van der Waals surface area contributed by atoms with Crippen LogP contribution in [0, 0.1) is 11.3 Å². The SMILES string of the molecule is N#Cc1ccc2c3c1ccc1c(-c4c5ccccc5c(-c5cccc6ccccc56)c5ccccc45)ccc(c13)n2-c1nc(-c2ccccc2)cc(-c2ccccc2)n1. The van der Waals surface area contributed by atoms with E-state index >= 15 is 0 Å². The van der Waals surface area contributed by atoms with E-state index in [0.717, 1.165) is 60.7 Å². The van der Waals surface area contributed by atoms with Gasteiger partial charge in [-0.05, 0) is 84.2 Å². The van der Waals surface area contributed by atoms with Crippen molar-refractivity contribution in [2.75, 3.05) is 0 Å². The van der Waals surface area contributed by atoms with Crippen LogP contribution in [0.3, 0.4) is 0 Å². The van der Waals surface area contributed by atoms with E-state index in [1.807, 2.05) is 42.5 Å².